The molecule has 2 aromatic rings. The van der Waals surface area contributed by atoms with Crippen molar-refractivity contribution in [1.29, 1.82) is 5.26 Å². The average molecular weight is 428 g/mol. The molecule has 0 saturated carbocycles. The van der Waals surface area contributed by atoms with E-state index in [0.29, 0.717) is 11.3 Å². The number of hydrogen-bond acceptors (Lipinski definition) is 4. The summed E-state index contributed by atoms with van der Waals surface area (Å²) in [5.74, 6) is 0. The molecule has 0 fully saturated rings. The molecule has 3 rings (SSSR count). The van der Waals surface area contributed by atoms with E-state index >= 15 is 0 Å². The van der Waals surface area contributed by atoms with Crippen molar-refractivity contribution in [2.24, 2.45) is 0 Å². The van der Waals surface area contributed by atoms with Gasteiger partial charge in [-0.3, -0.25) is 4.72 Å². The Labute approximate surface area is 178 Å². The number of ether oxygens (including phenoxy) is 1. The molecule has 1 aliphatic carbocycles. The third-order valence-corrected chi connectivity index (χ3v) is 5.12. The number of anilines is 1. The summed E-state index contributed by atoms with van der Waals surface area (Å²) < 4.78 is 32.0. The van der Waals surface area contributed by atoms with E-state index in [-0.39, 0.29) is 6.04 Å². The van der Waals surface area contributed by atoms with Crippen molar-refractivity contribution in [1.82, 2.24) is 4.57 Å². The molecule has 160 valence electrons. The lowest BCUT2D eigenvalue weighted by Crippen LogP contribution is -2.30. The number of aromatic nitrogens is 1. The molecule has 0 saturated heterocycles. The number of nitrogens with zero attached hydrogens (tertiary/aromatic N) is 2. The lowest BCUT2D eigenvalue weighted by Gasteiger charge is -2.15. The van der Waals surface area contributed by atoms with E-state index in [0.717, 1.165) is 41.1 Å². The average Bonchev–Trinajstić information content (AvgIpc) is 2.82. The lowest BCUT2D eigenvalue weighted by molar-refractivity contribution is 0.215. The van der Waals surface area contributed by atoms with Crippen molar-refractivity contribution in [3.63, 3.8) is 0 Å². The van der Waals surface area contributed by atoms with Crippen LogP contribution in [0.15, 0.2) is 36.4 Å². The Kier molecular flexibility index (Phi) is 8.04. The van der Waals surface area contributed by atoms with Crippen molar-refractivity contribution < 1.29 is 13.2 Å². The van der Waals surface area contributed by atoms with Gasteiger partial charge in [0.2, 0.25) is 10.0 Å². The van der Waals surface area contributed by atoms with Crippen LogP contribution >= 0.6 is 0 Å². The van der Waals surface area contributed by atoms with Crippen LogP contribution in [0.1, 0.15) is 38.8 Å². The van der Waals surface area contributed by atoms with E-state index in [1.165, 1.54) is 0 Å². The van der Waals surface area contributed by atoms with E-state index in [2.05, 4.69) is 46.1 Å². The van der Waals surface area contributed by atoms with Gasteiger partial charge < -0.3 is 9.30 Å². The highest BCUT2D eigenvalue weighted by Gasteiger charge is 2.18. The van der Waals surface area contributed by atoms with Gasteiger partial charge in [0, 0.05) is 36.0 Å². The Morgan fingerprint density at radius 3 is 2.40 bits per heavy atom. The maximum absolute atomic E-state index is 11.4. The number of fused-ring (bicyclic) bond motifs is 1. The number of benzene rings is 1. The van der Waals surface area contributed by atoms with Gasteiger partial charge in [0.1, 0.15) is 6.07 Å². The molecule has 0 spiro atoms. The molecule has 7 heteroatoms. The third kappa shape index (κ3) is 5.62. The first-order valence-electron chi connectivity index (χ1n) is 9.82. The maximum atomic E-state index is 11.4. The predicted molar refractivity (Wildman–Crippen MR) is 123 cm³/mol. The fraction of sp³-hybridized carbons (Fsp3) is 0.348. The Bertz CT molecular complexity index is 1160. The zero-order valence-electron chi connectivity index (χ0n) is 18.1. The summed E-state index contributed by atoms with van der Waals surface area (Å²) >= 11 is 0. The second-order valence-corrected chi connectivity index (χ2v) is 8.91. The van der Waals surface area contributed by atoms with Gasteiger partial charge in [-0.1, -0.05) is 30.4 Å². The summed E-state index contributed by atoms with van der Waals surface area (Å²) in [6.07, 6.45) is 10.1. The maximum Gasteiger partial charge on any atom is 0.229 e. The number of rotatable bonds is 5. The molecular formula is C23H29N3O3S. The summed E-state index contributed by atoms with van der Waals surface area (Å²) in [7, 11) is -1.64. The van der Waals surface area contributed by atoms with Crippen LogP contribution in [0.25, 0.3) is 23.4 Å². The molecule has 6 nitrogen and oxygen atoms in total. The minimum Gasteiger partial charge on any atom is -0.385 e. The quantitative estimate of drug-likeness (QED) is 0.794. The molecule has 0 atom stereocenters. The molecule has 1 aromatic heterocycles. The normalized spacial score (nSPS) is 12.6. The van der Waals surface area contributed by atoms with E-state index in [1.807, 2.05) is 31.2 Å². The van der Waals surface area contributed by atoms with Gasteiger partial charge in [-0.15, -0.1) is 0 Å². The molecule has 0 bridgehead atoms. The molecule has 0 amide bonds. The van der Waals surface area contributed by atoms with Gasteiger partial charge >= 0.3 is 0 Å². The summed E-state index contributed by atoms with van der Waals surface area (Å²) in [6.45, 7) is 6.96. The molecule has 1 aromatic carbocycles. The largest absolute Gasteiger partial charge is 0.385 e. The third-order valence-electron chi connectivity index (χ3n) is 4.51. The summed E-state index contributed by atoms with van der Waals surface area (Å²) in [4.78, 5) is 0. The number of methoxy groups -OCH3 is 1. The summed E-state index contributed by atoms with van der Waals surface area (Å²) in [5, 5.41) is 11.8. The second kappa shape index (κ2) is 10.3. The monoisotopic (exact) mass is 427 g/mol. The van der Waals surface area contributed by atoms with Gasteiger partial charge in [-0.2, -0.15) is 5.26 Å². The van der Waals surface area contributed by atoms with Crippen LogP contribution in [-0.4, -0.2) is 33.0 Å². The van der Waals surface area contributed by atoms with Crippen LogP contribution in [0, 0.1) is 11.3 Å². The second-order valence-electron chi connectivity index (χ2n) is 7.16. The van der Waals surface area contributed by atoms with Gasteiger partial charge in [0.15, 0.2) is 0 Å². The Morgan fingerprint density at radius 2 is 1.90 bits per heavy atom. The first-order chi connectivity index (χ1) is 14.2. The smallest absolute Gasteiger partial charge is 0.229 e. The molecule has 1 N–H and O–H groups in total. The standard InChI is InChI=1S/C20H21N3O2S.C3H8O/c1-14(2)23-19-8-6-4-5-7-17(19)18(13-21)20(23)15-9-11-16(12-10-15)22-26(3,24)25;1-3-4-2/h4,6-12,14,22H,5H2,1-3H3;3H2,1-2H3. The van der Waals surface area contributed by atoms with E-state index in [9.17, 15) is 13.7 Å². The zero-order valence-corrected chi connectivity index (χ0v) is 19.0. The predicted octanol–water partition coefficient (Wildman–Crippen LogP) is 3.15. The van der Waals surface area contributed by atoms with Crippen LogP contribution in [0.5, 0.6) is 0 Å². The van der Waals surface area contributed by atoms with Crippen molar-refractivity contribution in [2.45, 2.75) is 33.2 Å². The molecule has 0 unspecified atom stereocenters. The zero-order chi connectivity index (χ0) is 22.3. The molecule has 0 aliphatic heterocycles. The number of allylic oxidation sites excluding steroid dienone is 2. The number of sulfonamides is 1. The van der Waals surface area contributed by atoms with Crippen molar-refractivity contribution >= 4 is 27.9 Å². The highest BCUT2D eigenvalue weighted by molar-refractivity contribution is 7.92. The number of hydrogen-bond donors (Lipinski definition) is 1. The molecule has 1 aliphatic rings. The fourth-order valence-electron chi connectivity index (χ4n) is 3.27. The highest BCUT2D eigenvalue weighted by Crippen LogP contribution is 2.26. The summed E-state index contributed by atoms with van der Waals surface area (Å²) in [6, 6.07) is 9.66. The molecular weight excluding hydrogens is 398 g/mol. The van der Waals surface area contributed by atoms with Crippen molar-refractivity contribution in [2.75, 3.05) is 24.7 Å². The van der Waals surface area contributed by atoms with E-state index in [1.54, 1.807) is 19.2 Å². The number of nitrogens with one attached hydrogen (secondary N) is 1. The van der Waals surface area contributed by atoms with Crippen LogP contribution in [0.3, 0.4) is 0 Å². The number of nitriles is 1. The highest BCUT2D eigenvalue weighted by atomic mass is 32.2. The Morgan fingerprint density at radius 1 is 1.27 bits per heavy atom. The summed E-state index contributed by atoms with van der Waals surface area (Å²) in [5.41, 5.74) is 2.90. The topological polar surface area (TPSA) is 84.1 Å². The SMILES string of the molecule is CC(C)n1c(-c2ccc(NS(C)(=O)=O)cc2)c(C#N)c2c1=CC=CCC=2.CCOC. The van der Waals surface area contributed by atoms with Crippen LogP contribution in [-0.2, 0) is 14.8 Å². The van der Waals surface area contributed by atoms with Gasteiger partial charge in [-0.05, 0) is 51.0 Å². The first kappa shape index (κ1) is 23.5. The van der Waals surface area contributed by atoms with E-state index < -0.39 is 10.0 Å². The fourth-order valence-corrected chi connectivity index (χ4v) is 3.83. The van der Waals surface area contributed by atoms with Crippen molar-refractivity contribution in [3.05, 3.63) is 52.5 Å². The Hall–Kier alpha value is -2.82. The van der Waals surface area contributed by atoms with Crippen molar-refractivity contribution in [3.8, 4) is 17.3 Å². The first-order valence-corrected chi connectivity index (χ1v) is 11.7. The van der Waals surface area contributed by atoms with Gasteiger partial charge in [0.25, 0.3) is 0 Å². The van der Waals surface area contributed by atoms with E-state index in [4.69, 9.17) is 0 Å². The van der Waals surface area contributed by atoms with Gasteiger partial charge in [-0.25, -0.2) is 8.42 Å². The molecule has 30 heavy (non-hydrogen) atoms. The van der Waals surface area contributed by atoms with Gasteiger partial charge in [0.05, 0.1) is 17.5 Å². The lowest BCUT2D eigenvalue weighted by atomic mass is 10.1. The van der Waals surface area contributed by atoms with Crippen LogP contribution < -0.4 is 15.3 Å². The van der Waals surface area contributed by atoms with Crippen LogP contribution in [0.4, 0.5) is 5.69 Å². The molecule has 0 radical (unpaired) electrons. The Balaban J connectivity index is 0.000000735. The minimum absolute atomic E-state index is 0.172. The minimum atomic E-state index is -3.32. The molecule has 1 heterocycles. The van der Waals surface area contributed by atoms with Crippen LogP contribution in [0.2, 0.25) is 0 Å².